The van der Waals surface area contributed by atoms with Crippen LogP contribution in [0.4, 0.5) is 36.8 Å². The highest BCUT2D eigenvalue weighted by Crippen LogP contribution is 2.40. The Morgan fingerprint density at radius 2 is 1.81 bits per heavy atom. The number of urea groups is 1. The highest BCUT2D eigenvalue weighted by atomic mass is 35.5. The van der Waals surface area contributed by atoms with E-state index in [-0.39, 0.29) is 12.2 Å². The summed E-state index contributed by atoms with van der Waals surface area (Å²) in [7, 11) is 0. The van der Waals surface area contributed by atoms with E-state index in [1.165, 1.54) is 12.1 Å². The molecule has 1 aliphatic heterocycles. The van der Waals surface area contributed by atoms with E-state index < -0.39 is 45.5 Å². The van der Waals surface area contributed by atoms with E-state index in [0.29, 0.717) is 23.8 Å². The molecule has 13 heteroatoms. The molecule has 2 amide bonds. The molecule has 0 spiro atoms. The average Bonchev–Trinajstić information content (AvgIpc) is 3.15. The zero-order valence-corrected chi connectivity index (χ0v) is 21.2. The first-order chi connectivity index (χ1) is 17.2. The van der Waals surface area contributed by atoms with Crippen LogP contribution in [-0.2, 0) is 12.4 Å². The molecule has 0 radical (unpaired) electrons. The molecule has 1 unspecified atom stereocenters. The molecule has 198 valence electrons. The maximum Gasteiger partial charge on any atom is 0.417 e. The molecular formula is C24H21ClF6N4OS. The molecule has 1 N–H and O–H groups in total. The van der Waals surface area contributed by atoms with Crippen LogP contribution in [0.3, 0.4) is 0 Å². The van der Waals surface area contributed by atoms with Crippen molar-refractivity contribution in [1.82, 2.24) is 5.01 Å². The number of rotatable bonds is 6. The van der Waals surface area contributed by atoms with Gasteiger partial charge in [-0.15, -0.1) is 0 Å². The summed E-state index contributed by atoms with van der Waals surface area (Å²) in [5.74, 6) is 0.811. The Balaban J connectivity index is 1.92. The third kappa shape index (κ3) is 6.51. The second kappa shape index (κ2) is 10.8. The van der Waals surface area contributed by atoms with E-state index in [1.54, 1.807) is 11.8 Å². The number of nitrogens with zero attached hydrogens (tertiary/aromatic N) is 3. The molecule has 5 nitrogen and oxygen atoms in total. The SMILES string of the molecule is CSCCCC1(C)CN(C(=O)Nc2ccc(C(F)(F)F)c(C#N)c2)N=C1c1ccc(C(F)(F)F)c(Cl)c1. The summed E-state index contributed by atoms with van der Waals surface area (Å²) in [5, 5.41) is 16.5. The number of hydrogen-bond acceptors (Lipinski definition) is 4. The predicted octanol–water partition coefficient (Wildman–Crippen LogP) is 7.65. The van der Waals surface area contributed by atoms with Crippen molar-refractivity contribution in [3.05, 3.63) is 63.7 Å². The smallest absolute Gasteiger partial charge is 0.306 e. The molecule has 1 heterocycles. The fourth-order valence-electron chi connectivity index (χ4n) is 4.05. The number of nitriles is 1. The van der Waals surface area contributed by atoms with Crippen LogP contribution in [0, 0.1) is 16.7 Å². The molecule has 1 aliphatic rings. The lowest BCUT2D eigenvalue weighted by atomic mass is 9.78. The normalized spacial score (nSPS) is 17.9. The lowest BCUT2D eigenvalue weighted by Crippen LogP contribution is -2.36. The fraction of sp³-hybridized carbons (Fsp3) is 0.375. The standard InChI is InChI=1S/C24H21ClF6N4OS/c1-22(8-3-9-37-2)13-35(34-20(22)14-4-6-18(19(25)11-14)24(29,30)31)21(36)33-16-5-7-17(23(26,27)28)15(10-16)12-32/h4-7,10-11H,3,8-9,13H2,1-2H3,(H,33,36). The second-order valence-electron chi connectivity index (χ2n) is 8.66. The number of halogens is 7. The van der Waals surface area contributed by atoms with Crippen LogP contribution in [-0.4, -0.2) is 35.3 Å². The maximum absolute atomic E-state index is 13.2. The minimum absolute atomic E-state index is 0.0418. The molecule has 2 aromatic carbocycles. The topological polar surface area (TPSA) is 68.5 Å². The van der Waals surface area contributed by atoms with E-state index in [1.807, 2.05) is 13.2 Å². The number of amides is 2. The molecule has 37 heavy (non-hydrogen) atoms. The van der Waals surface area contributed by atoms with Crippen LogP contribution in [0.15, 0.2) is 41.5 Å². The Labute approximate surface area is 218 Å². The number of anilines is 1. The molecule has 2 aromatic rings. The van der Waals surface area contributed by atoms with Crippen LogP contribution in [0.2, 0.25) is 5.02 Å². The first-order valence-electron chi connectivity index (χ1n) is 10.8. The molecule has 0 saturated carbocycles. The van der Waals surface area contributed by atoms with Crippen molar-refractivity contribution in [3.8, 4) is 6.07 Å². The predicted molar refractivity (Wildman–Crippen MR) is 131 cm³/mol. The Morgan fingerprint density at radius 1 is 1.16 bits per heavy atom. The highest BCUT2D eigenvalue weighted by Gasteiger charge is 2.42. The van der Waals surface area contributed by atoms with Gasteiger partial charge in [-0.2, -0.15) is 48.5 Å². The lowest BCUT2D eigenvalue weighted by molar-refractivity contribution is -0.138. The van der Waals surface area contributed by atoms with Gasteiger partial charge < -0.3 is 5.32 Å². The van der Waals surface area contributed by atoms with Gasteiger partial charge in [-0.25, -0.2) is 9.80 Å². The summed E-state index contributed by atoms with van der Waals surface area (Å²) in [4.78, 5) is 13.0. The Bertz CT molecular complexity index is 1260. The van der Waals surface area contributed by atoms with E-state index in [4.69, 9.17) is 16.9 Å². The second-order valence-corrected chi connectivity index (χ2v) is 10.0. The van der Waals surface area contributed by atoms with Crippen LogP contribution in [0.1, 0.15) is 42.0 Å². The third-order valence-electron chi connectivity index (χ3n) is 5.85. The summed E-state index contributed by atoms with van der Waals surface area (Å²) in [6, 6.07) is 6.60. The van der Waals surface area contributed by atoms with E-state index in [0.717, 1.165) is 41.4 Å². The van der Waals surface area contributed by atoms with Gasteiger partial charge in [0.2, 0.25) is 0 Å². The van der Waals surface area contributed by atoms with Gasteiger partial charge in [0.15, 0.2) is 0 Å². The first kappa shape index (κ1) is 28.7. The van der Waals surface area contributed by atoms with Gasteiger partial charge in [0.05, 0.1) is 40.0 Å². The lowest BCUT2D eigenvalue weighted by Gasteiger charge is -2.26. The zero-order chi connectivity index (χ0) is 27.6. The number of carbonyl (C=O) groups is 1. The van der Waals surface area contributed by atoms with Gasteiger partial charge in [0.1, 0.15) is 0 Å². The number of nitrogens with one attached hydrogen (secondary N) is 1. The van der Waals surface area contributed by atoms with Gasteiger partial charge in [-0.05, 0) is 60.7 Å². The molecule has 0 aromatic heterocycles. The Hall–Kier alpha value is -2.91. The van der Waals surface area contributed by atoms with Crippen molar-refractivity contribution in [1.29, 1.82) is 5.26 Å². The monoisotopic (exact) mass is 562 g/mol. The first-order valence-corrected chi connectivity index (χ1v) is 12.6. The van der Waals surface area contributed by atoms with Crippen molar-refractivity contribution >= 4 is 40.8 Å². The molecular weight excluding hydrogens is 542 g/mol. The van der Waals surface area contributed by atoms with E-state index in [2.05, 4.69) is 10.4 Å². The van der Waals surface area contributed by atoms with Gasteiger partial charge >= 0.3 is 18.4 Å². The van der Waals surface area contributed by atoms with Crippen molar-refractivity contribution < 1.29 is 31.1 Å². The fourth-order valence-corrected chi connectivity index (χ4v) is 4.77. The molecule has 0 bridgehead atoms. The number of thioether (sulfide) groups is 1. The van der Waals surface area contributed by atoms with Crippen LogP contribution in [0.5, 0.6) is 0 Å². The number of hydrazone groups is 1. The zero-order valence-electron chi connectivity index (χ0n) is 19.6. The summed E-state index contributed by atoms with van der Waals surface area (Å²) < 4.78 is 78.7. The van der Waals surface area contributed by atoms with Gasteiger partial charge in [0.25, 0.3) is 0 Å². The molecule has 0 saturated heterocycles. The number of benzene rings is 2. The van der Waals surface area contributed by atoms with Crippen LogP contribution >= 0.6 is 23.4 Å². The minimum Gasteiger partial charge on any atom is -0.306 e. The molecule has 1 atom stereocenters. The Morgan fingerprint density at radius 3 is 2.38 bits per heavy atom. The van der Waals surface area contributed by atoms with Crippen LogP contribution < -0.4 is 5.32 Å². The summed E-state index contributed by atoms with van der Waals surface area (Å²) >= 11 is 7.53. The van der Waals surface area contributed by atoms with Gasteiger partial charge in [-0.1, -0.05) is 24.6 Å². The molecule has 0 fully saturated rings. The summed E-state index contributed by atoms with van der Waals surface area (Å²) in [5.41, 5.74) is -2.86. The van der Waals surface area contributed by atoms with Crippen molar-refractivity contribution in [2.24, 2.45) is 10.5 Å². The average molecular weight is 563 g/mol. The van der Waals surface area contributed by atoms with Crippen molar-refractivity contribution in [2.75, 3.05) is 23.9 Å². The van der Waals surface area contributed by atoms with E-state index >= 15 is 0 Å². The largest absolute Gasteiger partial charge is 0.417 e. The van der Waals surface area contributed by atoms with Crippen LogP contribution in [0.25, 0.3) is 0 Å². The Kier molecular flexibility index (Phi) is 8.39. The quantitative estimate of drug-likeness (QED) is 0.290. The maximum atomic E-state index is 13.2. The molecule has 3 rings (SSSR count). The van der Waals surface area contributed by atoms with Gasteiger partial charge in [-0.3, -0.25) is 0 Å². The van der Waals surface area contributed by atoms with E-state index in [9.17, 15) is 31.1 Å². The summed E-state index contributed by atoms with van der Waals surface area (Å²) in [6.45, 7) is 1.91. The number of alkyl halides is 6. The highest BCUT2D eigenvalue weighted by molar-refractivity contribution is 7.98. The van der Waals surface area contributed by atoms with Crippen molar-refractivity contribution in [3.63, 3.8) is 0 Å². The van der Waals surface area contributed by atoms with Crippen molar-refractivity contribution in [2.45, 2.75) is 32.1 Å². The summed E-state index contributed by atoms with van der Waals surface area (Å²) in [6.07, 6.45) is -6.13. The minimum atomic E-state index is -4.73. The number of carbonyl (C=O) groups excluding carboxylic acids is 1. The third-order valence-corrected chi connectivity index (χ3v) is 6.86. The number of hydrogen-bond donors (Lipinski definition) is 1. The van der Waals surface area contributed by atoms with Gasteiger partial charge in [0, 0.05) is 11.1 Å². The molecule has 0 aliphatic carbocycles.